The van der Waals surface area contributed by atoms with Gasteiger partial charge in [0.25, 0.3) is 0 Å². The summed E-state index contributed by atoms with van der Waals surface area (Å²) < 4.78 is 1.77. The largest absolute Gasteiger partial charge is 0.504 e. The summed E-state index contributed by atoms with van der Waals surface area (Å²) in [4.78, 5) is 5.57. The van der Waals surface area contributed by atoms with Crippen molar-refractivity contribution in [2.75, 3.05) is 0 Å². The van der Waals surface area contributed by atoms with Gasteiger partial charge in [-0.2, -0.15) is 0 Å². The third-order valence-electron chi connectivity index (χ3n) is 3.98. The number of imidazole rings is 1. The molecule has 124 valence electrons. The first-order chi connectivity index (χ1) is 12.3. The Morgan fingerprint density at radius 1 is 1.08 bits per heavy atom. The first-order valence-corrected chi connectivity index (χ1v) is 8.89. The van der Waals surface area contributed by atoms with Gasteiger partial charge in [-0.15, -0.1) is 21.6 Å². The van der Waals surface area contributed by atoms with Gasteiger partial charge in [0.1, 0.15) is 5.69 Å². The molecule has 0 saturated carbocycles. The second-order valence-electron chi connectivity index (χ2n) is 5.53. The highest BCUT2D eigenvalue weighted by Gasteiger charge is 2.16. The Labute approximate surface area is 148 Å². The zero-order valence-corrected chi connectivity index (χ0v) is 14.4. The van der Waals surface area contributed by atoms with E-state index in [-0.39, 0.29) is 5.75 Å². The van der Waals surface area contributed by atoms with Gasteiger partial charge in [0.15, 0.2) is 17.2 Å². The Balaban J connectivity index is 1.90. The lowest BCUT2D eigenvalue weighted by Crippen LogP contribution is -1.83. The smallest absolute Gasteiger partial charge is 0.188 e. The molecular weight excluding hydrogens is 332 g/mol. The average Bonchev–Trinajstić information content (AvgIpc) is 3.28. The van der Waals surface area contributed by atoms with Gasteiger partial charge in [-0.25, -0.2) is 4.98 Å². The number of aromatic nitrogens is 2. The fourth-order valence-corrected chi connectivity index (χ4v) is 3.43. The molecule has 0 amide bonds. The van der Waals surface area contributed by atoms with Gasteiger partial charge >= 0.3 is 0 Å². The second-order valence-corrected chi connectivity index (χ2v) is 6.48. The van der Waals surface area contributed by atoms with Crippen molar-refractivity contribution in [3.05, 3.63) is 65.7 Å². The van der Waals surface area contributed by atoms with Crippen LogP contribution in [-0.2, 0) is 6.42 Å². The summed E-state index contributed by atoms with van der Waals surface area (Å²) >= 11 is 1.58. The molecule has 6 heteroatoms. The molecule has 0 radical (unpaired) electrons. The van der Waals surface area contributed by atoms with Crippen LogP contribution in [0.15, 0.2) is 70.3 Å². The van der Waals surface area contributed by atoms with E-state index in [1.54, 1.807) is 27.9 Å². The van der Waals surface area contributed by atoms with E-state index in [9.17, 15) is 5.11 Å². The molecule has 5 nitrogen and oxygen atoms in total. The molecule has 1 N–H and O–H groups in total. The normalized spacial score (nSPS) is 11.6. The molecule has 0 bridgehead atoms. The van der Waals surface area contributed by atoms with Crippen molar-refractivity contribution >= 4 is 28.5 Å². The highest BCUT2D eigenvalue weighted by molar-refractivity contribution is 7.13. The van der Waals surface area contributed by atoms with Crippen LogP contribution < -0.4 is 0 Å². The lowest BCUT2D eigenvalue weighted by atomic mass is 10.1. The molecular formula is C19H16N4OS. The van der Waals surface area contributed by atoms with Gasteiger partial charge < -0.3 is 5.11 Å². The number of hydrogen-bond donors (Lipinski definition) is 1. The van der Waals surface area contributed by atoms with E-state index >= 15 is 0 Å². The molecule has 4 aromatic rings. The van der Waals surface area contributed by atoms with E-state index in [0.717, 1.165) is 22.5 Å². The molecule has 3 heterocycles. The van der Waals surface area contributed by atoms with Crippen molar-refractivity contribution in [3.8, 4) is 16.3 Å². The SMILES string of the molecule is CCc1ccccc1N=Nc1c(-c2cccs2)nc2c(O)cccn12. The molecule has 3 aromatic heterocycles. The average molecular weight is 348 g/mol. The van der Waals surface area contributed by atoms with E-state index in [1.807, 2.05) is 41.9 Å². The summed E-state index contributed by atoms with van der Waals surface area (Å²) in [6.45, 7) is 2.09. The lowest BCUT2D eigenvalue weighted by molar-refractivity contribution is 0.477. The van der Waals surface area contributed by atoms with Crippen LogP contribution in [0.1, 0.15) is 12.5 Å². The summed E-state index contributed by atoms with van der Waals surface area (Å²) in [5.74, 6) is 0.731. The molecule has 0 aliphatic carbocycles. The van der Waals surface area contributed by atoms with Crippen LogP contribution in [0.25, 0.3) is 16.2 Å². The maximum Gasteiger partial charge on any atom is 0.188 e. The minimum absolute atomic E-state index is 0.121. The van der Waals surface area contributed by atoms with Crippen molar-refractivity contribution in [1.29, 1.82) is 0 Å². The maximum atomic E-state index is 10.1. The summed E-state index contributed by atoms with van der Waals surface area (Å²) in [5, 5.41) is 21.1. The van der Waals surface area contributed by atoms with Crippen molar-refractivity contribution in [3.63, 3.8) is 0 Å². The molecule has 0 aliphatic rings. The van der Waals surface area contributed by atoms with Crippen LogP contribution in [0.5, 0.6) is 5.75 Å². The number of pyridine rings is 1. The highest BCUT2D eigenvalue weighted by Crippen LogP contribution is 2.36. The van der Waals surface area contributed by atoms with Gasteiger partial charge in [-0.1, -0.05) is 31.2 Å². The molecule has 1 aromatic carbocycles. The number of nitrogens with zero attached hydrogens (tertiary/aromatic N) is 4. The maximum absolute atomic E-state index is 10.1. The predicted molar refractivity (Wildman–Crippen MR) is 100 cm³/mol. The van der Waals surface area contributed by atoms with Crippen LogP contribution in [0.3, 0.4) is 0 Å². The van der Waals surface area contributed by atoms with Crippen molar-refractivity contribution in [1.82, 2.24) is 9.38 Å². The Hall–Kier alpha value is -2.99. The molecule has 0 fully saturated rings. The van der Waals surface area contributed by atoms with Gasteiger partial charge in [0, 0.05) is 6.20 Å². The lowest BCUT2D eigenvalue weighted by Gasteiger charge is -2.01. The van der Waals surface area contributed by atoms with Crippen molar-refractivity contribution < 1.29 is 5.11 Å². The second kappa shape index (κ2) is 6.49. The first-order valence-electron chi connectivity index (χ1n) is 8.01. The topological polar surface area (TPSA) is 62.2 Å². The minimum Gasteiger partial charge on any atom is -0.504 e. The molecule has 25 heavy (non-hydrogen) atoms. The Bertz CT molecular complexity index is 1050. The number of aromatic hydroxyl groups is 1. The number of fused-ring (bicyclic) bond motifs is 1. The number of hydrogen-bond acceptors (Lipinski definition) is 5. The van der Waals surface area contributed by atoms with Crippen LogP contribution in [0, 0.1) is 0 Å². The quantitative estimate of drug-likeness (QED) is 0.478. The number of aryl methyl sites for hydroxylation is 1. The number of rotatable bonds is 4. The van der Waals surface area contributed by atoms with Crippen LogP contribution >= 0.6 is 11.3 Å². The van der Waals surface area contributed by atoms with E-state index < -0.39 is 0 Å². The van der Waals surface area contributed by atoms with Gasteiger partial charge in [0.05, 0.1) is 10.6 Å². The molecule has 0 spiro atoms. The van der Waals surface area contributed by atoms with Crippen LogP contribution in [0.4, 0.5) is 11.5 Å². The number of azo groups is 1. The van der Waals surface area contributed by atoms with Gasteiger partial charge in [0.2, 0.25) is 0 Å². The Kier molecular flexibility index (Phi) is 4.03. The monoisotopic (exact) mass is 348 g/mol. The zero-order chi connectivity index (χ0) is 17.2. The van der Waals surface area contributed by atoms with Gasteiger partial charge in [-0.05, 0) is 41.6 Å². The van der Waals surface area contributed by atoms with Crippen molar-refractivity contribution in [2.24, 2.45) is 10.2 Å². The molecule has 4 rings (SSSR count). The van der Waals surface area contributed by atoms with Crippen molar-refractivity contribution in [2.45, 2.75) is 13.3 Å². The summed E-state index contributed by atoms with van der Waals surface area (Å²) in [6, 6.07) is 15.3. The molecule has 0 saturated heterocycles. The minimum atomic E-state index is 0.121. The van der Waals surface area contributed by atoms with Crippen LogP contribution in [0.2, 0.25) is 0 Å². The number of thiophene rings is 1. The highest BCUT2D eigenvalue weighted by atomic mass is 32.1. The summed E-state index contributed by atoms with van der Waals surface area (Å²) in [7, 11) is 0. The third-order valence-corrected chi connectivity index (χ3v) is 4.86. The number of benzene rings is 1. The van der Waals surface area contributed by atoms with Crippen LogP contribution in [-0.4, -0.2) is 14.5 Å². The van der Waals surface area contributed by atoms with E-state index in [4.69, 9.17) is 0 Å². The fraction of sp³-hybridized carbons (Fsp3) is 0.105. The third kappa shape index (κ3) is 2.81. The van der Waals surface area contributed by atoms with E-state index in [2.05, 4.69) is 28.2 Å². The summed E-state index contributed by atoms with van der Waals surface area (Å²) in [5.41, 5.74) is 3.18. The Morgan fingerprint density at radius 2 is 1.96 bits per heavy atom. The van der Waals surface area contributed by atoms with Gasteiger partial charge in [-0.3, -0.25) is 4.40 Å². The standard InChI is InChI=1S/C19H16N4OS/c1-2-13-7-3-4-8-14(13)21-22-19-17(16-10-6-12-25-16)20-18-15(24)9-5-11-23(18)19/h3-12,24H,2H2,1H3. The van der Waals surface area contributed by atoms with E-state index in [1.165, 1.54) is 0 Å². The summed E-state index contributed by atoms with van der Waals surface area (Å²) in [6.07, 6.45) is 2.72. The van der Waals surface area contributed by atoms with E-state index in [0.29, 0.717) is 17.2 Å². The Morgan fingerprint density at radius 3 is 2.76 bits per heavy atom. The predicted octanol–water partition coefficient (Wildman–Crippen LogP) is 5.75. The fourth-order valence-electron chi connectivity index (χ4n) is 2.72. The molecule has 0 atom stereocenters. The molecule has 0 aliphatic heterocycles. The first kappa shape index (κ1) is 15.5. The molecule has 0 unspecified atom stereocenters. The zero-order valence-electron chi connectivity index (χ0n) is 13.6.